The maximum Gasteiger partial charge on any atom is 0.338 e. The predicted octanol–water partition coefficient (Wildman–Crippen LogP) is 2.78. The van der Waals surface area contributed by atoms with Gasteiger partial charge in [-0.05, 0) is 37.1 Å². The molecule has 0 spiro atoms. The molecule has 22 heavy (non-hydrogen) atoms. The van der Waals surface area contributed by atoms with Gasteiger partial charge in [0, 0.05) is 6.54 Å². The lowest BCUT2D eigenvalue weighted by molar-refractivity contribution is -0.124. The highest BCUT2D eigenvalue weighted by Gasteiger charge is 2.10. The lowest BCUT2D eigenvalue weighted by Crippen LogP contribution is -2.28. The number of aryl methyl sites for hydroxylation is 2. The SMILES string of the molecule is Cc1cccc(C(=O)OCC(=O)NCc2ccccc2C)c1. The first-order chi connectivity index (χ1) is 10.6. The number of benzene rings is 2. The van der Waals surface area contributed by atoms with Gasteiger partial charge in [-0.3, -0.25) is 4.79 Å². The number of carbonyl (C=O) groups is 2. The predicted molar refractivity (Wildman–Crippen MR) is 84.5 cm³/mol. The average Bonchev–Trinajstić information content (AvgIpc) is 2.52. The zero-order valence-electron chi connectivity index (χ0n) is 12.8. The van der Waals surface area contributed by atoms with Crippen molar-refractivity contribution in [3.63, 3.8) is 0 Å². The Labute approximate surface area is 130 Å². The second-order valence-electron chi connectivity index (χ2n) is 5.15. The number of rotatable bonds is 5. The zero-order valence-corrected chi connectivity index (χ0v) is 12.8. The Morgan fingerprint density at radius 3 is 2.55 bits per heavy atom. The molecule has 0 bridgehead atoms. The Balaban J connectivity index is 1.81. The lowest BCUT2D eigenvalue weighted by Gasteiger charge is -2.08. The molecule has 0 heterocycles. The maximum atomic E-state index is 11.8. The minimum Gasteiger partial charge on any atom is -0.452 e. The Bertz CT molecular complexity index is 680. The number of carbonyl (C=O) groups excluding carboxylic acids is 2. The van der Waals surface area contributed by atoms with Crippen molar-refractivity contribution in [2.45, 2.75) is 20.4 Å². The third kappa shape index (κ3) is 4.45. The van der Waals surface area contributed by atoms with E-state index in [0.29, 0.717) is 12.1 Å². The molecule has 1 N–H and O–H groups in total. The number of hydrogen-bond donors (Lipinski definition) is 1. The summed E-state index contributed by atoms with van der Waals surface area (Å²) in [6, 6.07) is 14.9. The summed E-state index contributed by atoms with van der Waals surface area (Å²) >= 11 is 0. The van der Waals surface area contributed by atoms with Crippen molar-refractivity contribution in [1.29, 1.82) is 0 Å². The first-order valence-corrected chi connectivity index (χ1v) is 7.11. The van der Waals surface area contributed by atoms with Crippen molar-refractivity contribution < 1.29 is 14.3 Å². The van der Waals surface area contributed by atoms with E-state index in [2.05, 4.69) is 5.32 Å². The lowest BCUT2D eigenvalue weighted by atomic mass is 10.1. The molecule has 0 saturated carbocycles. The van der Waals surface area contributed by atoms with Crippen LogP contribution in [-0.4, -0.2) is 18.5 Å². The van der Waals surface area contributed by atoms with Crippen molar-refractivity contribution >= 4 is 11.9 Å². The number of hydrogen-bond acceptors (Lipinski definition) is 3. The Kier molecular flexibility index (Phi) is 5.31. The molecule has 2 aromatic carbocycles. The molecule has 2 rings (SSSR count). The third-order valence-electron chi connectivity index (χ3n) is 3.33. The summed E-state index contributed by atoms with van der Waals surface area (Å²) in [5.74, 6) is -0.806. The van der Waals surface area contributed by atoms with Crippen LogP contribution >= 0.6 is 0 Å². The number of nitrogens with one attached hydrogen (secondary N) is 1. The van der Waals surface area contributed by atoms with Gasteiger partial charge in [-0.2, -0.15) is 0 Å². The molecular formula is C18H19NO3. The van der Waals surface area contributed by atoms with Gasteiger partial charge < -0.3 is 10.1 Å². The Hall–Kier alpha value is -2.62. The van der Waals surface area contributed by atoms with Gasteiger partial charge >= 0.3 is 5.97 Å². The van der Waals surface area contributed by atoms with Crippen molar-refractivity contribution in [3.8, 4) is 0 Å². The summed E-state index contributed by atoms with van der Waals surface area (Å²) in [7, 11) is 0. The van der Waals surface area contributed by atoms with Crippen LogP contribution in [0.4, 0.5) is 0 Å². The molecule has 4 heteroatoms. The molecule has 0 fully saturated rings. The smallest absolute Gasteiger partial charge is 0.338 e. The number of esters is 1. The molecule has 0 aliphatic carbocycles. The van der Waals surface area contributed by atoms with Gasteiger partial charge in [0.1, 0.15) is 0 Å². The topological polar surface area (TPSA) is 55.4 Å². The molecule has 0 aromatic heterocycles. The molecule has 1 amide bonds. The van der Waals surface area contributed by atoms with Crippen molar-refractivity contribution in [1.82, 2.24) is 5.32 Å². The minimum atomic E-state index is -0.491. The van der Waals surface area contributed by atoms with E-state index in [-0.39, 0.29) is 12.5 Å². The van der Waals surface area contributed by atoms with Gasteiger partial charge in [0.25, 0.3) is 5.91 Å². The van der Waals surface area contributed by atoms with Crippen LogP contribution in [0, 0.1) is 13.8 Å². The Morgan fingerprint density at radius 2 is 1.82 bits per heavy atom. The highest BCUT2D eigenvalue weighted by molar-refractivity contribution is 5.91. The largest absolute Gasteiger partial charge is 0.452 e. The second kappa shape index (κ2) is 7.41. The summed E-state index contributed by atoms with van der Waals surface area (Å²) < 4.78 is 5.01. The average molecular weight is 297 g/mol. The molecule has 2 aromatic rings. The van der Waals surface area contributed by atoms with Gasteiger partial charge in [0.15, 0.2) is 6.61 Å². The fourth-order valence-corrected chi connectivity index (χ4v) is 2.04. The van der Waals surface area contributed by atoms with E-state index in [1.54, 1.807) is 18.2 Å². The maximum absolute atomic E-state index is 11.8. The molecule has 0 aliphatic heterocycles. The van der Waals surface area contributed by atoms with E-state index in [1.165, 1.54) is 0 Å². The van der Waals surface area contributed by atoms with Crippen LogP contribution in [0.25, 0.3) is 0 Å². The van der Waals surface area contributed by atoms with Crippen LogP contribution in [0.2, 0.25) is 0 Å². The molecule has 0 unspecified atom stereocenters. The highest BCUT2D eigenvalue weighted by Crippen LogP contribution is 2.07. The molecular weight excluding hydrogens is 278 g/mol. The normalized spacial score (nSPS) is 10.1. The molecule has 0 saturated heterocycles. The summed E-state index contributed by atoms with van der Waals surface area (Å²) in [4.78, 5) is 23.6. The van der Waals surface area contributed by atoms with Crippen LogP contribution in [0.15, 0.2) is 48.5 Å². The van der Waals surface area contributed by atoms with E-state index in [0.717, 1.165) is 16.7 Å². The number of ether oxygens (including phenoxy) is 1. The standard InChI is InChI=1S/C18H19NO3/c1-13-6-5-9-15(10-13)18(21)22-12-17(20)19-11-16-8-4-3-7-14(16)2/h3-10H,11-12H2,1-2H3,(H,19,20). The van der Waals surface area contributed by atoms with E-state index < -0.39 is 5.97 Å². The van der Waals surface area contributed by atoms with Crippen molar-refractivity contribution in [2.24, 2.45) is 0 Å². The van der Waals surface area contributed by atoms with E-state index in [4.69, 9.17) is 4.74 Å². The Morgan fingerprint density at radius 1 is 1.05 bits per heavy atom. The van der Waals surface area contributed by atoms with Crippen molar-refractivity contribution in [3.05, 3.63) is 70.8 Å². The fraction of sp³-hybridized carbons (Fsp3) is 0.222. The summed E-state index contributed by atoms with van der Waals surface area (Å²) in [5, 5.41) is 2.74. The molecule has 0 aliphatic rings. The van der Waals surface area contributed by atoms with Crippen LogP contribution in [-0.2, 0) is 16.1 Å². The fourth-order valence-electron chi connectivity index (χ4n) is 2.04. The summed E-state index contributed by atoms with van der Waals surface area (Å²) in [5.41, 5.74) is 3.57. The van der Waals surface area contributed by atoms with Crippen LogP contribution in [0.3, 0.4) is 0 Å². The summed E-state index contributed by atoms with van der Waals surface area (Å²) in [6.07, 6.45) is 0. The molecule has 114 valence electrons. The van der Waals surface area contributed by atoms with Gasteiger partial charge in [-0.25, -0.2) is 4.79 Å². The minimum absolute atomic E-state index is 0.279. The number of amides is 1. The highest BCUT2D eigenvalue weighted by atomic mass is 16.5. The first-order valence-electron chi connectivity index (χ1n) is 7.11. The van der Waals surface area contributed by atoms with E-state index in [1.807, 2.05) is 44.2 Å². The molecule has 4 nitrogen and oxygen atoms in total. The van der Waals surface area contributed by atoms with E-state index >= 15 is 0 Å². The summed E-state index contributed by atoms with van der Waals surface area (Å²) in [6.45, 7) is 4.02. The monoisotopic (exact) mass is 297 g/mol. The quantitative estimate of drug-likeness (QED) is 0.863. The molecule has 0 radical (unpaired) electrons. The zero-order chi connectivity index (χ0) is 15.9. The van der Waals surface area contributed by atoms with E-state index in [9.17, 15) is 9.59 Å². The second-order valence-corrected chi connectivity index (χ2v) is 5.15. The van der Waals surface area contributed by atoms with Gasteiger partial charge in [-0.15, -0.1) is 0 Å². The van der Waals surface area contributed by atoms with Gasteiger partial charge in [0.05, 0.1) is 5.56 Å². The van der Waals surface area contributed by atoms with Crippen LogP contribution < -0.4 is 5.32 Å². The third-order valence-corrected chi connectivity index (χ3v) is 3.33. The van der Waals surface area contributed by atoms with Crippen molar-refractivity contribution in [2.75, 3.05) is 6.61 Å². The van der Waals surface area contributed by atoms with Crippen LogP contribution in [0.1, 0.15) is 27.0 Å². The van der Waals surface area contributed by atoms with Crippen LogP contribution in [0.5, 0.6) is 0 Å². The van der Waals surface area contributed by atoms with Gasteiger partial charge in [-0.1, -0.05) is 42.0 Å². The van der Waals surface area contributed by atoms with Gasteiger partial charge in [0.2, 0.25) is 0 Å². The molecule has 0 atom stereocenters. The first kappa shape index (κ1) is 15.8.